The van der Waals surface area contributed by atoms with E-state index in [4.69, 9.17) is 33.9 Å². The van der Waals surface area contributed by atoms with Crippen LogP contribution in [0.5, 0.6) is 0 Å². The lowest BCUT2D eigenvalue weighted by atomic mass is 9.76. The molecule has 5 rings (SSSR count). The topological polar surface area (TPSA) is 87.4 Å². The molecule has 200 valence electrons. The van der Waals surface area contributed by atoms with Crippen LogP contribution >= 0.6 is 23.2 Å². The average molecular weight is 562 g/mol. The predicted octanol–water partition coefficient (Wildman–Crippen LogP) is 7.82. The summed E-state index contributed by atoms with van der Waals surface area (Å²) in [6.45, 7) is 5.00. The molecule has 0 saturated heterocycles. The fourth-order valence-electron chi connectivity index (χ4n) is 5.06. The number of carbonyl (C=O) groups is 1. The normalized spacial score (nSPS) is 13.4. The molecule has 39 heavy (non-hydrogen) atoms. The van der Waals surface area contributed by atoms with E-state index in [-0.39, 0.29) is 18.0 Å². The largest absolute Gasteiger partial charge is 0.335 e. The zero-order valence-electron chi connectivity index (χ0n) is 21.9. The van der Waals surface area contributed by atoms with E-state index < -0.39 is 0 Å². The Balaban J connectivity index is 1.66. The molecule has 1 aliphatic rings. The Morgan fingerprint density at radius 1 is 0.974 bits per heavy atom. The molecule has 1 aliphatic heterocycles. The number of hydrogen-bond acceptors (Lipinski definition) is 5. The van der Waals surface area contributed by atoms with Crippen LogP contribution in [0.25, 0.3) is 0 Å². The molecule has 3 aromatic carbocycles. The maximum Gasteiger partial charge on any atom is 0.335 e. The van der Waals surface area contributed by atoms with Gasteiger partial charge < -0.3 is 11.1 Å². The summed E-state index contributed by atoms with van der Waals surface area (Å²) < 4.78 is 0. The Kier molecular flexibility index (Phi) is 7.75. The number of para-hydroxylation sites is 2. The van der Waals surface area contributed by atoms with E-state index in [0.29, 0.717) is 39.7 Å². The average Bonchev–Trinajstić information content (AvgIpc) is 2.95. The van der Waals surface area contributed by atoms with Crippen LogP contribution in [0.15, 0.2) is 79.0 Å². The molecule has 0 aliphatic carbocycles. The second-order valence-corrected chi connectivity index (χ2v) is 10.4. The van der Waals surface area contributed by atoms with E-state index in [1.165, 1.54) is 0 Å². The minimum atomic E-state index is -0.314. The van der Waals surface area contributed by atoms with Gasteiger partial charge in [0, 0.05) is 29.4 Å². The van der Waals surface area contributed by atoms with Crippen LogP contribution in [0.1, 0.15) is 37.8 Å². The SMILES string of the molecule is CCC(CC)(CN)c1cccc(N2C(=O)N(c3c(Cl)cccc3Cl)Cc3cnc(Nc4ccccc4)nc32)c1. The number of anilines is 5. The number of urea groups is 1. The molecule has 0 atom stereocenters. The number of hydrogen-bond donors (Lipinski definition) is 2. The molecule has 4 aromatic rings. The zero-order chi connectivity index (χ0) is 27.6. The van der Waals surface area contributed by atoms with Crippen molar-refractivity contribution in [1.82, 2.24) is 9.97 Å². The Labute approximate surface area is 238 Å². The van der Waals surface area contributed by atoms with Crippen molar-refractivity contribution in [2.75, 3.05) is 21.7 Å². The summed E-state index contributed by atoms with van der Waals surface area (Å²) in [5.74, 6) is 0.882. The van der Waals surface area contributed by atoms with Crippen molar-refractivity contribution in [2.24, 2.45) is 5.73 Å². The molecule has 0 fully saturated rings. The molecule has 1 aromatic heterocycles. The third-order valence-corrected chi connectivity index (χ3v) is 8.11. The van der Waals surface area contributed by atoms with Crippen molar-refractivity contribution in [3.63, 3.8) is 0 Å². The Bertz CT molecular complexity index is 1460. The molecule has 2 amide bonds. The quantitative estimate of drug-likeness (QED) is 0.229. The molecule has 0 saturated carbocycles. The van der Waals surface area contributed by atoms with Crippen molar-refractivity contribution < 1.29 is 4.79 Å². The van der Waals surface area contributed by atoms with Crippen molar-refractivity contribution >= 4 is 58.1 Å². The van der Waals surface area contributed by atoms with Gasteiger partial charge in [0.2, 0.25) is 5.95 Å². The fourth-order valence-corrected chi connectivity index (χ4v) is 5.66. The van der Waals surface area contributed by atoms with Crippen molar-refractivity contribution in [3.05, 3.63) is 100 Å². The minimum Gasteiger partial charge on any atom is -0.330 e. The summed E-state index contributed by atoms with van der Waals surface area (Å²) in [4.78, 5) is 26.8. The lowest BCUT2D eigenvalue weighted by molar-refractivity contribution is 0.252. The lowest BCUT2D eigenvalue weighted by Gasteiger charge is -2.37. The molecule has 7 nitrogen and oxygen atoms in total. The summed E-state index contributed by atoms with van der Waals surface area (Å²) in [5.41, 5.74) is 9.87. The molecular weight excluding hydrogens is 531 g/mol. The van der Waals surface area contributed by atoms with E-state index in [9.17, 15) is 4.79 Å². The third-order valence-electron chi connectivity index (χ3n) is 7.50. The van der Waals surface area contributed by atoms with E-state index >= 15 is 0 Å². The molecule has 9 heteroatoms. The number of nitrogens with zero attached hydrogens (tertiary/aromatic N) is 4. The number of aromatic nitrogens is 2. The van der Waals surface area contributed by atoms with E-state index in [0.717, 1.165) is 29.7 Å². The summed E-state index contributed by atoms with van der Waals surface area (Å²) in [5, 5.41) is 4.00. The number of rotatable bonds is 8. The molecule has 0 spiro atoms. The van der Waals surface area contributed by atoms with Crippen LogP contribution in [0.4, 0.5) is 33.6 Å². The standard InChI is InChI=1S/C30H30Cl2N6O/c1-3-30(4-2,19-33)21-10-8-13-23(16-21)38-27-20(17-34-28(36-27)35-22-11-6-5-7-12-22)18-37(29(38)39)26-24(31)14-9-15-25(26)32/h5-17H,3-4,18-19,33H2,1-2H3,(H,34,35,36). The number of amides is 2. The highest BCUT2D eigenvalue weighted by Gasteiger charge is 2.37. The monoisotopic (exact) mass is 560 g/mol. The summed E-state index contributed by atoms with van der Waals surface area (Å²) in [6.07, 6.45) is 3.49. The highest BCUT2D eigenvalue weighted by molar-refractivity contribution is 6.40. The van der Waals surface area contributed by atoms with Gasteiger partial charge in [0.15, 0.2) is 5.82 Å². The Morgan fingerprint density at radius 2 is 1.67 bits per heavy atom. The van der Waals surface area contributed by atoms with Gasteiger partial charge in [-0.1, -0.05) is 73.4 Å². The van der Waals surface area contributed by atoms with Crippen molar-refractivity contribution in [2.45, 2.75) is 38.6 Å². The zero-order valence-corrected chi connectivity index (χ0v) is 23.4. The lowest BCUT2D eigenvalue weighted by Crippen LogP contribution is -2.46. The maximum atomic E-state index is 14.3. The Hall–Kier alpha value is -3.65. The van der Waals surface area contributed by atoms with E-state index in [1.54, 1.807) is 34.2 Å². The van der Waals surface area contributed by atoms with E-state index in [1.807, 2.05) is 48.5 Å². The van der Waals surface area contributed by atoms with Gasteiger partial charge in [-0.15, -0.1) is 0 Å². The summed E-state index contributed by atoms with van der Waals surface area (Å²) >= 11 is 13.1. The number of carbonyl (C=O) groups excluding carboxylic acids is 1. The smallest absolute Gasteiger partial charge is 0.330 e. The second-order valence-electron chi connectivity index (χ2n) is 9.55. The van der Waals surface area contributed by atoms with Gasteiger partial charge in [0.05, 0.1) is 28.0 Å². The van der Waals surface area contributed by atoms with Crippen LogP contribution in [-0.2, 0) is 12.0 Å². The number of fused-ring (bicyclic) bond motifs is 1. The molecule has 3 N–H and O–H groups in total. The van der Waals surface area contributed by atoms with Crippen LogP contribution in [0.2, 0.25) is 10.0 Å². The number of nitrogens with one attached hydrogen (secondary N) is 1. The van der Waals surface area contributed by atoms with Gasteiger partial charge in [0.1, 0.15) is 0 Å². The minimum absolute atomic E-state index is 0.199. The van der Waals surface area contributed by atoms with Gasteiger partial charge in [-0.25, -0.2) is 14.7 Å². The van der Waals surface area contributed by atoms with Crippen molar-refractivity contribution in [1.29, 1.82) is 0 Å². The summed E-state index contributed by atoms with van der Waals surface area (Å²) in [6, 6.07) is 22.5. The highest BCUT2D eigenvalue weighted by atomic mass is 35.5. The first-order valence-corrected chi connectivity index (χ1v) is 13.7. The first-order chi connectivity index (χ1) is 18.9. The van der Waals surface area contributed by atoms with Crippen LogP contribution in [-0.4, -0.2) is 22.5 Å². The first kappa shape index (κ1) is 26.9. The van der Waals surface area contributed by atoms with Crippen LogP contribution in [0, 0.1) is 0 Å². The predicted molar refractivity (Wildman–Crippen MR) is 160 cm³/mol. The fraction of sp³-hybridized carbons (Fsp3) is 0.233. The summed E-state index contributed by atoms with van der Waals surface area (Å²) in [7, 11) is 0. The molecule has 0 unspecified atom stereocenters. The highest BCUT2D eigenvalue weighted by Crippen LogP contribution is 2.42. The van der Waals surface area contributed by atoms with Gasteiger partial charge >= 0.3 is 6.03 Å². The molecule has 0 radical (unpaired) electrons. The molecular formula is C30H30Cl2N6O. The molecule has 0 bridgehead atoms. The van der Waals surface area contributed by atoms with Crippen LogP contribution in [0.3, 0.4) is 0 Å². The van der Waals surface area contributed by atoms with Crippen molar-refractivity contribution in [3.8, 4) is 0 Å². The number of nitrogens with two attached hydrogens (primary N) is 1. The van der Waals surface area contributed by atoms with Gasteiger partial charge in [-0.2, -0.15) is 4.98 Å². The number of halogens is 2. The van der Waals surface area contributed by atoms with E-state index in [2.05, 4.69) is 30.2 Å². The Morgan fingerprint density at radius 3 is 2.33 bits per heavy atom. The van der Waals surface area contributed by atoms with Gasteiger partial charge in [0.25, 0.3) is 0 Å². The third kappa shape index (κ3) is 5.05. The first-order valence-electron chi connectivity index (χ1n) is 12.9. The maximum absolute atomic E-state index is 14.3. The van der Waals surface area contributed by atoms with Gasteiger partial charge in [-0.05, 0) is 54.8 Å². The molecule has 2 heterocycles. The number of benzene rings is 3. The van der Waals surface area contributed by atoms with Gasteiger partial charge in [-0.3, -0.25) is 4.90 Å². The second kappa shape index (κ2) is 11.2. The van der Waals surface area contributed by atoms with Crippen LogP contribution < -0.4 is 20.9 Å².